The number of nitrogens with one attached hydrogen (secondary N) is 2. The van der Waals surface area contributed by atoms with Crippen LogP contribution < -0.4 is 10.6 Å². The molecular weight excluding hydrogens is 350 g/mol. The van der Waals surface area contributed by atoms with Gasteiger partial charge in [-0.3, -0.25) is 10.00 Å². The van der Waals surface area contributed by atoms with Gasteiger partial charge in [0.1, 0.15) is 0 Å². The van der Waals surface area contributed by atoms with E-state index in [4.69, 9.17) is 0 Å². The lowest BCUT2D eigenvalue weighted by molar-refractivity contribution is 0.186. The number of piperidine rings is 1. The molecule has 28 heavy (non-hydrogen) atoms. The lowest BCUT2D eigenvalue weighted by Crippen LogP contribution is -2.35. The molecule has 1 unspecified atom stereocenters. The van der Waals surface area contributed by atoms with Gasteiger partial charge in [-0.15, -0.1) is 0 Å². The molecule has 0 saturated carbocycles. The van der Waals surface area contributed by atoms with Crippen LogP contribution in [0.1, 0.15) is 50.3 Å². The Balaban J connectivity index is 1.46. The van der Waals surface area contributed by atoms with Gasteiger partial charge in [-0.1, -0.05) is 37.3 Å². The van der Waals surface area contributed by atoms with Gasteiger partial charge in [0.25, 0.3) is 0 Å². The second-order valence-electron chi connectivity index (χ2n) is 7.77. The zero-order valence-corrected chi connectivity index (χ0v) is 17.3. The molecule has 1 aromatic heterocycles. The van der Waals surface area contributed by atoms with Crippen LogP contribution in [0.25, 0.3) is 0 Å². The van der Waals surface area contributed by atoms with Crippen LogP contribution in [0.3, 0.4) is 0 Å². The molecule has 6 heteroatoms. The van der Waals surface area contributed by atoms with Crippen LogP contribution in [0.4, 0.5) is 10.6 Å². The van der Waals surface area contributed by atoms with Gasteiger partial charge in [-0.05, 0) is 64.2 Å². The number of nitrogens with zero attached hydrogens (tertiary/aromatic N) is 3. The maximum Gasteiger partial charge on any atom is 0.320 e. The fourth-order valence-electron chi connectivity index (χ4n) is 3.82. The number of anilines is 1. The molecular formula is C22H33N5O. The van der Waals surface area contributed by atoms with E-state index < -0.39 is 0 Å². The Bertz CT molecular complexity index is 750. The molecule has 2 aromatic rings. The van der Waals surface area contributed by atoms with E-state index in [1.807, 2.05) is 36.0 Å². The molecule has 0 radical (unpaired) electrons. The Labute approximate surface area is 168 Å². The first kappa shape index (κ1) is 20.4. The molecule has 2 N–H and O–H groups in total. The third kappa shape index (κ3) is 5.35. The second-order valence-corrected chi connectivity index (χ2v) is 7.77. The van der Waals surface area contributed by atoms with Crippen molar-refractivity contribution in [1.82, 2.24) is 20.0 Å². The van der Waals surface area contributed by atoms with Crippen LogP contribution >= 0.6 is 0 Å². The van der Waals surface area contributed by atoms with Crippen molar-refractivity contribution in [2.75, 3.05) is 31.5 Å². The van der Waals surface area contributed by atoms with E-state index in [1.54, 1.807) is 0 Å². The van der Waals surface area contributed by atoms with Gasteiger partial charge in [0.05, 0.1) is 6.04 Å². The Hall–Kier alpha value is -2.34. The summed E-state index contributed by atoms with van der Waals surface area (Å²) in [6.45, 7) is 10.5. The van der Waals surface area contributed by atoms with Crippen molar-refractivity contribution in [2.45, 2.75) is 46.1 Å². The first-order valence-corrected chi connectivity index (χ1v) is 10.4. The fraction of sp³-hybridized carbons (Fsp3) is 0.545. The lowest BCUT2D eigenvalue weighted by atomic mass is 9.93. The number of benzene rings is 1. The smallest absolute Gasteiger partial charge is 0.320 e. The molecule has 0 aliphatic carbocycles. The van der Waals surface area contributed by atoms with E-state index in [0.29, 0.717) is 12.4 Å². The predicted molar refractivity (Wildman–Crippen MR) is 114 cm³/mol. The number of likely N-dealkylation sites (tertiary alicyclic amines) is 1. The van der Waals surface area contributed by atoms with E-state index >= 15 is 0 Å². The molecule has 1 saturated heterocycles. The maximum absolute atomic E-state index is 12.3. The summed E-state index contributed by atoms with van der Waals surface area (Å²) >= 11 is 0. The average molecular weight is 384 g/mol. The molecule has 6 nitrogen and oxygen atoms in total. The SMILES string of the molecule is CCN1CCC(CCNC(=O)Nc2nn(C(C)c3ccccc3)cc2C)CC1. The van der Waals surface area contributed by atoms with E-state index in [-0.39, 0.29) is 12.1 Å². The zero-order valence-electron chi connectivity index (χ0n) is 17.3. The molecule has 1 aliphatic rings. The normalized spacial score (nSPS) is 16.7. The summed E-state index contributed by atoms with van der Waals surface area (Å²) in [5, 5.41) is 10.5. The molecule has 1 aromatic carbocycles. The van der Waals surface area contributed by atoms with Crippen LogP contribution in [0.5, 0.6) is 0 Å². The molecule has 2 heterocycles. The number of urea groups is 1. The van der Waals surface area contributed by atoms with Crippen LogP contribution in [0.15, 0.2) is 36.5 Å². The largest absolute Gasteiger partial charge is 0.338 e. The van der Waals surface area contributed by atoms with Crippen molar-refractivity contribution in [3.05, 3.63) is 47.7 Å². The van der Waals surface area contributed by atoms with Gasteiger partial charge in [0.2, 0.25) is 0 Å². The highest BCUT2D eigenvalue weighted by Gasteiger charge is 2.18. The summed E-state index contributed by atoms with van der Waals surface area (Å²) in [7, 11) is 0. The van der Waals surface area contributed by atoms with E-state index in [2.05, 4.69) is 46.6 Å². The topological polar surface area (TPSA) is 62.2 Å². The highest BCUT2D eigenvalue weighted by molar-refractivity contribution is 5.88. The highest BCUT2D eigenvalue weighted by Crippen LogP contribution is 2.21. The van der Waals surface area contributed by atoms with Crippen molar-refractivity contribution in [3.8, 4) is 0 Å². The van der Waals surface area contributed by atoms with Crippen LogP contribution in [0.2, 0.25) is 0 Å². The Morgan fingerprint density at radius 3 is 2.64 bits per heavy atom. The number of rotatable bonds is 7. The quantitative estimate of drug-likeness (QED) is 0.758. The molecule has 3 rings (SSSR count). The van der Waals surface area contributed by atoms with Crippen molar-refractivity contribution in [2.24, 2.45) is 5.92 Å². The Morgan fingerprint density at radius 1 is 1.25 bits per heavy atom. The number of carbonyl (C=O) groups excluding carboxylic acids is 1. The Morgan fingerprint density at radius 2 is 1.96 bits per heavy atom. The minimum absolute atomic E-state index is 0.118. The van der Waals surface area contributed by atoms with Crippen LogP contribution in [-0.4, -0.2) is 46.9 Å². The summed E-state index contributed by atoms with van der Waals surface area (Å²) in [5.74, 6) is 1.34. The molecule has 2 amide bonds. The first-order chi connectivity index (χ1) is 13.6. The van der Waals surface area contributed by atoms with Crippen LogP contribution in [0, 0.1) is 12.8 Å². The molecule has 152 valence electrons. The number of hydrogen-bond acceptors (Lipinski definition) is 3. The van der Waals surface area contributed by atoms with Gasteiger partial charge in [0.15, 0.2) is 5.82 Å². The van der Waals surface area contributed by atoms with Crippen molar-refractivity contribution < 1.29 is 4.79 Å². The summed E-state index contributed by atoms with van der Waals surface area (Å²) in [4.78, 5) is 14.8. The molecule has 0 spiro atoms. The van der Waals surface area contributed by atoms with Gasteiger partial charge < -0.3 is 10.2 Å². The summed E-state index contributed by atoms with van der Waals surface area (Å²) in [6, 6.07) is 10.2. The summed E-state index contributed by atoms with van der Waals surface area (Å²) in [5.41, 5.74) is 2.15. The monoisotopic (exact) mass is 383 g/mol. The molecule has 1 fully saturated rings. The summed E-state index contributed by atoms with van der Waals surface area (Å²) in [6.07, 6.45) is 5.49. The molecule has 1 atom stereocenters. The molecule has 0 bridgehead atoms. The predicted octanol–water partition coefficient (Wildman–Crippen LogP) is 4.04. The number of aromatic nitrogens is 2. The van der Waals surface area contributed by atoms with Gasteiger partial charge >= 0.3 is 6.03 Å². The van der Waals surface area contributed by atoms with Gasteiger partial charge in [0, 0.05) is 18.3 Å². The number of aryl methyl sites for hydroxylation is 1. The minimum atomic E-state index is -0.174. The van der Waals surface area contributed by atoms with Crippen molar-refractivity contribution in [3.63, 3.8) is 0 Å². The maximum atomic E-state index is 12.3. The number of carbonyl (C=O) groups is 1. The third-order valence-electron chi connectivity index (χ3n) is 5.82. The van der Waals surface area contributed by atoms with Gasteiger partial charge in [-0.2, -0.15) is 5.10 Å². The van der Waals surface area contributed by atoms with E-state index in [1.165, 1.54) is 31.5 Å². The number of hydrogen-bond donors (Lipinski definition) is 2. The standard InChI is InChI=1S/C22H33N5O/c1-4-26-14-11-19(12-15-26)10-13-23-22(28)24-21-17(2)16-27(25-21)18(3)20-8-6-5-7-9-20/h5-9,16,18-19H,4,10-15H2,1-3H3,(H2,23,24,25,28). The van der Waals surface area contributed by atoms with E-state index in [9.17, 15) is 4.79 Å². The van der Waals surface area contributed by atoms with Crippen LogP contribution in [-0.2, 0) is 0 Å². The highest BCUT2D eigenvalue weighted by atomic mass is 16.2. The third-order valence-corrected chi connectivity index (χ3v) is 5.82. The van der Waals surface area contributed by atoms with E-state index in [0.717, 1.165) is 24.4 Å². The molecule has 1 aliphatic heterocycles. The van der Waals surface area contributed by atoms with Crippen molar-refractivity contribution >= 4 is 11.8 Å². The lowest BCUT2D eigenvalue weighted by Gasteiger charge is -2.30. The summed E-state index contributed by atoms with van der Waals surface area (Å²) < 4.78 is 1.90. The number of amides is 2. The van der Waals surface area contributed by atoms with Gasteiger partial charge in [-0.25, -0.2) is 4.79 Å². The second kappa shape index (κ2) is 9.73. The average Bonchev–Trinajstić information content (AvgIpc) is 3.08. The zero-order chi connectivity index (χ0) is 19.9. The first-order valence-electron chi connectivity index (χ1n) is 10.4. The van der Waals surface area contributed by atoms with Crippen molar-refractivity contribution in [1.29, 1.82) is 0 Å². The minimum Gasteiger partial charge on any atom is -0.338 e. The fourth-order valence-corrected chi connectivity index (χ4v) is 3.82. The Kier molecular flexibility index (Phi) is 7.09.